The Morgan fingerprint density at radius 2 is 1.94 bits per heavy atom. The number of hydrogen-bond acceptors (Lipinski definition) is 5. The summed E-state index contributed by atoms with van der Waals surface area (Å²) >= 11 is 0. The second kappa shape index (κ2) is 3.55. The minimum atomic E-state index is 0.366. The zero-order valence-electron chi connectivity index (χ0n) is 8.98. The van der Waals surface area contributed by atoms with E-state index in [-0.39, 0.29) is 0 Å². The number of anilines is 1. The summed E-state index contributed by atoms with van der Waals surface area (Å²) < 4.78 is 0. The SMILES string of the molecule is Cc1nccc(N2CC(n3nccn3)C2)n1. The van der Waals surface area contributed by atoms with Crippen molar-refractivity contribution in [2.24, 2.45) is 0 Å². The first-order valence-electron chi connectivity index (χ1n) is 5.23. The molecule has 0 aliphatic carbocycles. The van der Waals surface area contributed by atoms with Crippen LogP contribution in [0.4, 0.5) is 5.82 Å². The molecule has 2 aromatic heterocycles. The Morgan fingerprint density at radius 3 is 2.62 bits per heavy atom. The van der Waals surface area contributed by atoms with Gasteiger partial charge in [0.25, 0.3) is 0 Å². The van der Waals surface area contributed by atoms with Crippen molar-refractivity contribution in [2.75, 3.05) is 18.0 Å². The molecule has 3 rings (SSSR count). The van der Waals surface area contributed by atoms with E-state index < -0.39 is 0 Å². The van der Waals surface area contributed by atoms with Crippen molar-refractivity contribution < 1.29 is 0 Å². The molecule has 0 aromatic carbocycles. The van der Waals surface area contributed by atoms with Crippen LogP contribution in [0.1, 0.15) is 11.9 Å². The summed E-state index contributed by atoms with van der Waals surface area (Å²) in [6.07, 6.45) is 5.20. The van der Waals surface area contributed by atoms with Crippen molar-refractivity contribution in [3.05, 3.63) is 30.5 Å². The van der Waals surface area contributed by atoms with Crippen LogP contribution in [0.25, 0.3) is 0 Å². The second-order valence-corrected chi connectivity index (χ2v) is 3.87. The standard InChI is InChI=1S/C10H12N6/c1-8-11-3-2-10(14-8)15-6-9(7-15)16-12-4-5-13-16/h2-5,9H,6-7H2,1H3. The fourth-order valence-electron chi connectivity index (χ4n) is 1.82. The molecule has 6 heteroatoms. The Morgan fingerprint density at radius 1 is 1.19 bits per heavy atom. The Labute approximate surface area is 92.9 Å². The van der Waals surface area contributed by atoms with Gasteiger partial charge < -0.3 is 4.90 Å². The van der Waals surface area contributed by atoms with Gasteiger partial charge in [-0.2, -0.15) is 15.0 Å². The van der Waals surface area contributed by atoms with E-state index in [0.717, 1.165) is 24.7 Å². The van der Waals surface area contributed by atoms with Gasteiger partial charge in [0.1, 0.15) is 17.7 Å². The van der Waals surface area contributed by atoms with E-state index in [4.69, 9.17) is 0 Å². The van der Waals surface area contributed by atoms with E-state index in [9.17, 15) is 0 Å². The lowest BCUT2D eigenvalue weighted by Crippen LogP contribution is -2.49. The van der Waals surface area contributed by atoms with E-state index in [1.807, 2.05) is 13.0 Å². The van der Waals surface area contributed by atoms with Crippen LogP contribution in [0.3, 0.4) is 0 Å². The summed E-state index contributed by atoms with van der Waals surface area (Å²) in [5.41, 5.74) is 0. The first-order chi connectivity index (χ1) is 7.83. The van der Waals surface area contributed by atoms with E-state index in [1.165, 1.54) is 0 Å². The van der Waals surface area contributed by atoms with Crippen LogP contribution in [-0.2, 0) is 0 Å². The van der Waals surface area contributed by atoms with Gasteiger partial charge in [-0.25, -0.2) is 9.97 Å². The van der Waals surface area contributed by atoms with Crippen molar-refractivity contribution in [1.29, 1.82) is 0 Å². The molecule has 16 heavy (non-hydrogen) atoms. The maximum Gasteiger partial charge on any atom is 0.132 e. The van der Waals surface area contributed by atoms with Crippen molar-refractivity contribution in [3.63, 3.8) is 0 Å². The Hall–Kier alpha value is -1.98. The molecule has 2 aromatic rings. The highest BCUT2D eigenvalue weighted by molar-refractivity contribution is 5.41. The first-order valence-corrected chi connectivity index (χ1v) is 5.23. The maximum atomic E-state index is 4.38. The van der Waals surface area contributed by atoms with Gasteiger partial charge in [-0.05, 0) is 13.0 Å². The molecule has 0 atom stereocenters. The molecule has 0 N–H and O–H groups in total. The van der Waals surface area contributed by atoms with E-state index in [0.29, 0.717) is 6.04 Å². The molecular weight excluding hydrogens is 204 g/mol. The molecule has 0 radical (unpaired) electrons. The molecule has 6 nitrogen and oxygen atoms in total. The lowest BCUT2D eigenvalue weighted by molar-refractivity contribution is 0.330. The summed E-state index contributed by atoms with van der Waals surface area (Å²) in [5.74, 6) is 1.79. The van der Waals surface area contributed by atoms with Gasteiger partial charge in [0, 0.05) is 19.3 Å². The van der Waals surface area contributed by atoms with Crippen molar-refractivity contribution in [3.8, 4) is 0 Å². The molecule has 0 bridgehead atoms. The maximum absolute atomic E-state index is 4.38. The largest absolute Gasteiger partial charge is 0.352 e. The van der Waals surface area contributed by atoms with E-state index in [2.05, 4.69) is 25.1 Å². The normalized spacial score (nSPS) is 16.2. The first kappa shape index (κ1) is 9.26. The third-order valence-corrected chi connectivity index (χ3v) is 2.71. The van der Waals surface area contributed by atoms with Gasteiger partial charge in [0.2, 0.25) is 0 Å². The van der Waals surface area contributed by atoms with Crippen LogP contribution >= 0.6 is 0 Å². The number of rotatable bonds is 2. The molecule has 3 heterocycles. The fourth-order valence-corrected chi connectivity index (χ4v) is 1.82. The highest BCUT2D eigenvalue weighted by atomic mass is 15.5. The fraction of sp³-hybridized carbons (Fsp3) is 0.400. The highest BCUT2D eigenvalue weighted by Gasteiger charge is 2.30. The summed E-state index contributed by atoms with van der Waals surface area (Å²) in [5, 5.41) is 8.26. The predicted octanol–water partition coefficient (Wildman–Crippen LogP) is 0.438. The average Bonchev–Trinajstić information content (AvgIpc) is 2.69. The molecule has 0 spiro atoms. The minimum Gasteiger partial charge on any atom is -0.352 e. The van der Waals surface area contributed by atoms with Gasteiger partial charge in [-0.15, -0.1) is 0 Å². The Kier molecular flexibility index (Phi) is 2.05. The molecule has 82 valence electrons. The summed E-state index contributed by atoms with van der Waals surface area (Å²) in [6, 6.07) is 2.30. The molecule has 1 saturated heterocycles. The van der Waals surface area contributed by atoms with Crippen LogP contribution in [-0.4, -0.2) is 38.1 Å². The Bertz CT molecular complexity index is 474. The Balaban J connectivity index is 1.69. The van der Waals surface area contributed by atoms with Gasteiger partial charge in [0.15, 0.2) is 0 Å². The summed E-state index contributed by atoms with van der Waals surface area (Å²) in [6.45, 7) is 3.71. The van der Waals surface area contributed by atoms with Gasteiger partial charge in [0.05, 0.1) is 12.4 Å². The molecule has 1 aliphatic rings. The number of aromatic nitrogens is 5. The van der Waals surface area contributed by atoms with Crippen molar-refractivity contribution >= 4 is 5.82 Å². The zero-order valence-corrected chi connectivity index (χ0v) is 8.98. The third-order valence-electron chi connectivity index (χ3n) is 2.71. The van der Waals surface area contributed by atoms with Crippen LogP contribution in [0.2, 0.25) is 0 Å². The smallest absolute Gasteiger partial charge is 0.132 e. The van der Waals surface area contributed by atoms with E-state index in [1.54, 1.807) is 23.4 Å². The third kappa shape index (κ3) is 1.52. The number of nitrogens with zero attached hydrogens (tertiary/aromatic N) is 6. The van der Waals surface area contributed by atoms with Crippen molar-refractivity contribution in [1.82, 2.24) is 25.0 Å². The van der Waals surface area contributed by atoms with E-state index >= 15 is 0 Å². The zero-order chi connectivity index (χ0) is 11.0. The van der Waals surface area contributed by atoms with Gasteiger partial charge >= 0.3 is 0 Å². The van der Waals surface area contributed by atoms with Crippen LogP contribution in [0, 0.1) is 6.92 Å². The van der Waals surface area contributed by atoms with Crippen LogP contribution in [0.5, 0.6) is 0 Å². The molecule has 0 amide bonds. The van der Waals surface area contributed by atoms with Crippen LogP contribution in [0.15, 0.2) is 24.7 Å². The predicted molar refractivity (Wildman–Crippen MR) is 58.0 cm³/mol. The summed E-state index contributed by atoms with van der Waals surface area (Å²) in [4.78, 5) is 12.4. The number of aryl methyl sites for hydroxylation is 1. The van der Waals surface area contributed by atoms with Gasteiger partial charge in [-0.1, -0.05) is 0 Å². The molecule has 0 saturated carbocycles. The number of hydrogen-bond donors (Lipinski definition) is 0. The monoisotopic (exact) mass is 216 g/mol. The van der Waals surface area contributed by atoms with Gasteiger partial charge in [-0.3, -0.25) is 0 Å². The molecule has 0 unspecified atom stereocenters. The summed E-state index contributed by atoms with van der Waals surface area (Å²) in [7, 11) is 0. The lowest BCUT2D eigenvalue weighted by Gasteiger charge is -2.39. The second-order valence-electron chi connectivity index (χ2n) is 3.87. The molecular formula is C10H12N6. The average molecular weight is 216 g/mol. The lowest BCUT2D eigenvalue weighted by atomic mass is 10.1. The van der Waals surface area contributed by atoms with Crippen LogP contribution < -0.4 is 4.90 Å². The molecule has 1 fully saturated rings. The minimum absolute atomic E-state index is 0.366. The van der Waals surface area contributed by atoms with Crippen molar-refractivity contribution in [2.45, 2.75) is 13.0 Å². The topological polar surface area (TPSA) is 59.7 Å². The highest BCUT2D eigenvalue weighted by Crippen LogP contribution is 2.24. The molecule has 1 aliphatic heterocycles. The quantitative estimate of drug-likeness (QED) is 0.729.